The van der Waals surface area contributed by atoms with Crippen LogP contribution in [0.5, 0.6) is 0 Å². The second-order valence-electron chi connectivity index (χ2n) is 19.7. The molecule has 34 atom stereocenters. The average Bonchev–Trinajstić information content (AvgIpc) is 4.26. The van der Waals surface area contributed by atoms with Crippen molar-refractivity contribution in [3.8, 4) is 0 Å². The lowest BCUT2D eigenvalue weighted by molar-refractivity contribution is -0.389. The molecule has 0 aliphatic carbocycles. The van der Waals surface area contributed by atoms with Gasteiger partial charge in [-0.15, -0.1) is 0 Å². The zero-order valence-corrected chi connectivity index (χ0v) is 40.3. The third-order valence-corrected chi connectivity index (χ3v) is 14.8. The summed E-state index contributed by atoms with van der Waals surface area (Å²) in [4.78, 5) is 0. The van der Waals surface area contributed by atoms with Gasteiger partial charge in [0.15, 0.2) is 43.8 Å². The third kappa shape index (κ3) is 12.1. The molecule has 8 fully saturated rings. The topological polar surface area (TPSA) is 557 Å². The van der Waals surface area contributed by atoms with Gasteiger partial charge in [0.05, 0.1) is 52.9 Å². The van der Waals surface area contributed by atoms with Crippen molar-refractivity contribution >= 4 is 0 Å². The zero-order chi connectivity index (χ0) is 56.1. The number of aliphatic hydroxyl groups excluding tert-OH is 20. The van der Waals surface area contributed by atoms with Crippen LogP contribution < -0.4 is 0 Å². The molecule has 0 aromatic rings. The molecule has 8 saturated heterocycles. The van der Waals surface area contributed by atoms with E-state index in [-0.39, 0.29) is 6.61 Å². The minimum atomic E-state index is -2.48. The molecule has 8 aliphatic heterocycles. The Labute approximate surface area is 434 Å². The summed E-state index contributed by atoms with van der Waals surface area (Å²) in [5.41, 5.74) is 0. The van der Waals surface area contributed by atoms with E-state index in [1.165, 1.54) is 0 Å². The van der Waals surface area contributed by atoms with Gasteiger partial charge in [-0.3, -0.25) is 0 Å². The van der Waals surface area contributed by atoms with E-state index in [2.05, 4.69) is 0 Å². The molecular formula is C42H70O35. The quantitative estimate of drug-likeness (QED) is 0.0534. The summed E-state index contributed by atoms with van der Waals surface area (Å²) in [5, 5.41) is 223. The minimum absolute atomic E-state index is 0.360. The van der Waals surface area contributed by atoms with Crippen LogP contribution in [0.15, 0.2) is 0 Å². The lowest BCUT2D eigenvalue weighted by Gasteiger charge is -2.49. The van der Waals surface area contributed by atoms with Gasteiger partial charge in [0.2, 0.25) is 5.79 Å². The lowest BCUT2D eigenvalue weighted by atomic mass is 9.95. The number of aliphatic hydroxyl groups is 21. The van der Waals surface area contributed by atoms with Crippen molar-refractivity contribution < 1.29 is 174 Å². The standard InChI is InChI=1S/C42H70O35/c43-1-10-18(52)19(53)24(58)36(65-10)72-30-12(3-45)67-38(26(60)21(30)55)74-32-14(5-47)69-40(28(62)23(32)57)76-34-16(7-49)70-41(35-42(34,63)77-35)75-33-15(6-48)68-39(27(61)22(33)56)73-31-13(4-46)66-37(25(59)20(31)54)71-29-11(2-44)64-8-9(50)17(29)51/h9-41,43-63H,1-8H2. The highest BCUT2D eigenvalue weighted by atomic mass is 16.8. The first-order valence-electron chi connectivity index (χ1n) is 24.6. The van der Waals surface area contributed by atoms with Crippen molar-refractivity contribution in [3.63, 3.8) is 0 Å². The maximum atomic E-state index is 11.6. The monoisotopic (exact) mass is 1130 g/mol. The van der Waals surface area contributed by atoms with Crippen molar-refractivity contribution in [2.45, 2.75) is 208 Å². The van der Waals surface area contributed by atoms with Crippen molar-refractivity contribution in [2.75, 3.05) is 52.9 Å². The number of hydrogen-bond donors (Lipinski definition) is 21. The van der Waals surface area contributed by atoms with E-state index in [0.29, 0.717) is 0 Å². The molecule has 8 heterocycles. The van der Waals surface area contributed by atoms with Gasteiger partial charge in [-0.2, -0.15) is 0 Å². The fourth-order valence-electron chi connectivity index (χ4n) is 10.3. The van der Waals surface area contributed by atoms with Crippen molar-refractivity contribution in [2.24, 2.45) is 0 Å². The molecule has 8 rings (SSSR count). The van der Waals surface area contributed by atoms with Crippen LogP contribution >= 0.6 is 0 Å². The fraction of sp³-hybridized carbons (Fsp3) is 1.00. The Kier molecular flexibility index (Phi) is 20.5. The molecule has 0 saturated carbocycles. The first-order valence-corrected chi connectivity index (χ1v) is 24.6. The van der Waals surface area contributed by atoms with Gasteiger partial charge in [-0.1, -0.05) is 0 Å². The minimum Gasteiger partial charge on any atom is -0.394 e. The predicted octanol–water partition coefficient (Wildman–Crippen LogP) is -15.2. The molecule has 0 aromatic carbocycles. The second kappa shape index (κ2) is 25.6. The Hall–Kier alpha value is -1.40. The maximum absolute atomic E-state index is 11.6. The van der Waals surface area contributed by atoms with E-state index in [4.69, 9.17) is 66.3 Å². The Balaban J connectivity index is 0.866. The summed E-state index contributed by atoms with van der Waals surface area (Å²) in [5.74, 6) is -2.48. The van der Waals surface area contributed by atoms with Crippen LogP contribution in [0, 0.1) is 0 Å². The fourth-order valence-corrected chi connectivity index (χ4v) is 10.3. The highest BCUT2D eigenvalue weighted by Gasteiger charge is 2.73. The number of epoxide rings is 1. The smallest absolute Gasteiger partial charge is 0.228 e. The van der Waals surface area contributed by atoms with Crippen molar-refractivity contribution in [3.05, 3.63) is 0 Å². The van der Waals surface area contributed by atoms with Gasteiger partial charge < -0.3 is 174 Å². The Morgan fingerprint density at radius 2 is 0.610 bits per heavy atom. The number of fused-ring (bicyclic) bond motifs is 1. The summed E-state index contributed by atoms with van der Waals surface area (Å²) in [6.45, 7) is -6.78. The normalized spacial score (nSPS) is 54.4. The van der Waals surface area contributed by atoms with E-state index in [9.17, 15) is 107 Å². The van der Waals surface area contributed by atoms with Gasteiger partial charge in [-0.05, 0) is 0 Å². The molecule has 35 nitrogen and oxygen atoms in total. The molecule has 448 valence electrons. The van der Waals surface area contributed by atoms with Crippen LogP contribution in [-0.4, -0.2) is 368 Å². The summed E-state index contributed by atoms with van der Waals surface area (Å²) in [6.07, 6.45) is -59.6. The molecule has 0 spiro atoms. The van der Waals surface area contributed by atoms with Gasteiger partial charge >= 0.3 is 0 Å². The summed E-state index contributed by atoms with van der Waals surface area (Å²) < 4.78 is 78.5. The van der Waals surface area contributed by atoms with Crippen LogP contribution in [-0.2, 0) is 66.3 Å². The third-order valence-electron chi connectivity index (χ3n) is 14.8. The molecular weight excluding hydrogens is 1060 g/mol. The largest absolute Gasteiger partial charge is 0.394 e. The second-order valence-corrected chi connectivity index (χ2v) is 19.7. The van der Waals surface area contributed by atoms with Crippen LogP contribution in [0.4, 0.5) is 0 Å². The van der Waals surface area contributed by atoms with Gasteiger partial charge in [-0.25, -0.2) is 0 Å². The summed E-state index contributed by atoms with van der Waals surface area (Å²) in [6, 6.07) is 0. The van der Waals surface area contributed by atoms with Crippen molar-refractivity contribution in [1.82, 2.24) is 0 Å². The SMILES string of the molecule is OCC1OC(OC2C(CO)OC(OC3C(CO)OC(OC4C(CO)OC(OC5C(CO)OC(OC6C(CO)OC(OC7C(CO)OCC(O)C7O)C(O)C6O)C(O)C5O)C5OC45O)C(O)C3O)C(O)C2O)C(O)C(O)C1O. The van der Waals surface area contributed by atoms with E-state index >= 15 is 0 Å². The highest BCUT2D eigenvalue weighted by Crippen LogP contribution is 2.49. The van der Waals surface area contributed by atoms with E-state index in [1.54, 1.807) is 0 Å². The van der Waals surface area contributed by atoms with Crippen LogP contribution in [0.2, 0.25) is 0 Å². The predicted molar refractivity (Wildman–Crippen MR) is 228 cm³/mol. The van der Waals surface area contributed by atoms with E-state index < -0.39 is 255 Å². The molecule has 0 bridgehead atoms. The Morgan fingerprint density at radius 1 is 0.312 bits per heavy atom. The van der Waals surface area contributed by atoms with Crippen LogP contribution in [0.25, 0.3) is 0 Å². The average molecular weight is 1130 g/mol. The maximum Gasteiger partial charge on any atom is 0.228 e. The van der Waals surface area contributed by atoms with Gasteiger partial charge in [0.1, 0.15) is 159 Å². The Bertz CT molecular complexity index is 1840. The van der Waals surface area contributed by atoms with E-state index in [1.807, 2.05) is 0 Å². The van der Waals surface area contributed by atoms with Gasteiger partial charge in [0.25, 0.3) is 0 Å². The molecule has 8 aliphatic rings. The molecule has 77 heavy (non-hydrogen) atoms. The number of rotatable bonds is 19. The molecule has 34 unspecified atom stereocenters. The van der Waals surface area contributed by atoms with Crippen LogP contribution in [0.1, 0.15) is 0 Å². The lowest BCUT2D eigenvalue weighted by Crippen LogP contribution is -2.67. The molecule has 21 N–H and O–H groups in total. The first-order chi connectivity index (χ1) is 36.6. The Morgan fingerprint density at radius 3 is 0.974 bits per heavy atom. The summed E-state index contributed by atoms with van der Waals surface area (Å²) in [7, 11) is 0. The van der Waals surface area contributed by atoms with Gasteiger partial charge in [0, 0.05) is 0 Å². The molecule has 0 amide bonds. The molecule has 35 heteroatoms. The summed E-state index contributed by atoms with van der Waals surface area (Å²) >= 11 is 0. The van der Waals surface area contributed by atoms with Crippen LogP contribution in [0.3, 0.4) is 0 Å². The first kappa shape index (κ1) is 61.7. The molecule has 0 aromatic heterocycles. The number of ether oxygens (including phenoxy) is 14. The number of hydrogen-bond acceptors (Lipinski definition) is 35. The zero-order valence-electron chi connectivity index (χ0n) is 40.3. The highest BCUT2D eigenvalue weighted by molar-refractivity contribution is 5.10. The molecule has 0 radical (unpaired) electrons. The van der Waals surface area contributed by atoms with Crippen molar-refractivity contribution in [1.29, 1.82) is 0 Å². The van der Waals surface area contributed by atoms with E-state index in [0.717, 1.165) is 0 Å².